The monoisotopic (exact) mass is 468 g/mol. The average molecular weight is 469 g/mol. The van der Waals surface area contributed by atoms with Crippen LogP contribution in [-0.4, -0.2) is 52.6 Å². The van der Waals surface area contributed by atoms with Crippen LogP contribution in [0, 0.1) is 0 Å². The summed E-state index contributed by atoms with van der Waals surface area (Å²) < 4.78 is 20.3. The van der Waals surface area contributed by atoms with Gasteiger partial charge in [0, 0.05) is 18.9 Å². The van der Waals surface area contributed by atoms with Crippen LogP contribution in [-0.2, 0) is 18.7 Å². The summed E-state index contributed by atoms with van der Waals surface area (Å²) in [4.78, 5) is 25.3. The van der Waals surface area contributed by atoms with Gasteiger partial charge in [-0.25, -0.2) is 15.0 Å². The van der Waals surface area contributed by atoms with Crippen LogP contribution in [0.1, 0.15) is 40.3 Å². The van der Waals surface area contributed by atoms with Gasteiger partial charge in [-0.2, -0.15) is 0 Å². The van der Waals surface area contributed by atoms with Crippen molar-refractivity contribution in [3.8, 4) is 11.3 Å². The van der Waals surface area contributed by atoms with Crippen LogP contribution in [0.2, 0.25) is 18.1 Å². The standard InChI is InChI=1S/C24H32N4O4Si/c1-16(29)31-18-12-20(32-19(18)13-30-33(5,6)24(2,3)4)28-15-27-22-21(25-14-26-23(22)28)17-10-8-7-9-11-17/h7-11,14-15,18-20H,12-13H2,1-6H3. The Morgan fingerprint density at radius 2 is 1.91 bits per heavy atom. The van der Waals surface area contributed by atoms with E-state index in [1.165, 1.54) is 6.92 Å². The number of hydrogen-bond donors (Lipinski definition) is 0. The van der Waals surface area contributed by atoms with E-state index < -0.39 is 14.4 Å². The van der Waals surface area contributed by atoms with Gasteiger partial charge in [-0.3, -0.25) is 9.36 Å². The predicted molar refractivity (Wildman–Crippen MR) is 128 cm³/mol. The number of hydrogen-bond acceptors (Lipinski definition) is 7. The highest BCUT2D eigenvalue weighted by molar-refractivity contribution is 6.74. The second kappa shape index (κ2) is 8.96. The van der Waals surface area contributed by atoms with Crippen molar-refractivity contribution in [1.29, 1.82) is 0 Å². The first kappa shape index (κ1) is 23.5. The zero-order chi connectivity index (χ0) is 23.8. The van der Waals surface area contributed by atoms with Gasteiger partial charge in [0.1, 0.15) is 36.0 Å². The van der Waals surface area contributed by atoms with E-state index in [0.717, 1.165) is 11.3 Å². The van der Waals surface area contributed by atoms with Gasteiger partial charge in [0.15, 0.2) is 14.0 Å². The fraction of sp³-hybridized carbons (Fsp3) is 0.500. The lowest BCUT2D eigenvalue weighted by atomic mass is 10.1. The van der Waals surface area contributed by atoms with Crippen molar-refractivity contribution in [1.82, 2.24) is 19.5 Å². The Labute approximate surface area is 195 Å². The maximum absolute atomic E-state index is 11.8. The fourth-order valence-corrected chi connectivity index (χ4v) is 4.75. The van der Waals surface area contributed by atoms with Gasteiger partial charge < -0.3 is 13.9 Å². The first-order chi connectivity index (χ1) is 15.6. The summed E-state index contributed by atoms with van der Waals surface area (Å²) in [6.07, 6.45) is 2.64. The minimum Gasteiger partial charge on any atom is -0.460 e. The van der Waals surface area contributed by atoms with Gasteiger partial charge in [0.05, 0.1) is 12.9 Å². The summed E-state index contributed by atoms with van der Waals surface area (Å²) >= 11 is 0. The summed E-state index contributed by atoms with van der Waals surface area (Å²) in [5.41, 5.74) is 3.13. The molecule has 0 bridgehead atoms. The molecule has 1 aliphatic rings. The molecule has 0 aliphatic carbocycles. The number of aromatic nitrogens is 4. The summed E-state index contributed by atoms with van der Waals surface area (Å²) in [5.74, 6) is -0.328. The minimum atomic E-state index is -1.98. The molecule has 1 fully saturated rings. The van der Waals surface area contributed by atoms with Crippen molar-refractivity contribution < 1.29 is 18.7 Å². The lowest BCUT2D eigenvalue weighted by Crippen LogP contribution is -2.44. The van der Waals surface area contributed by atoms with Gasteiger partial charge >= 0.3 is 5.97 Å². The lowest BCUT2D eigenvalue weighted by molar-refractivity contribution is -0.150. The Bertz CT molecular complexity index is 1130. The van der Waals surface area contributed by atoms with Gasteiger partial charge in [-0.05, 0) is 18.1 Å². The van der Waals surface area contributed by atoms with E-state index in [-0.39, 0.29) is 23.3 Å². The molecule has 0 saturated carbocycles. The van der Waals surface area contributed by atoms with Crippen molar-refractivity contribution in [3.05, 3.63) is 43.0 Å². The largest absolute Gasteiger partial charge is 0.460 e. The number of nitrogens with zero attached hydrogens (tertiary/aromatic N) is 4. The number of benzene rings is 1. The van der Waals surface area contributed by atoms with Crippen LogP contribution < -0.4 is 0 Å². The fourth-order valence-electron chi connectivity index (χ4n) is 3.74. The third-order valence-corrected chi connectivity index (χ3v) is 11.1. The van der Waals surface area contributed by atoms with Crippen molar-refractivity contribution in [2.75, 3.05) is 6.61 Å². The molecule has 33 heavy (non-hydrogen) atoms. The highest BCUT2D eigenvalue weighted by atomic mass is 28.4. The number of rotatable bonds is 6. The van der Waals surface area contributed by atoms with Crippen LogP contribution >= 0.6 is 0 Å². The van der Waals surface area contributed by atoms with E-state index in [0.29, 0.717) is 24.2 Å². The smallest absolute Gasteiger partial charge is 0.302 e. The quantitative estimate of drug-likeness (QED) is 0.381. The molecule has 1 saturated heterocycles. The maximum Gasteiger partial charge on any atom is 0.302 e. The highest BCUT2D eigenvalue weighted by Crippen LogP contribution is 2.39. The Morgan fingerprint density at radius 1 is 1.18 bits per heavy atom. The molecular weight excluding hydrogens is 436 g/mol. The van der Waals surface area contributed by atoms with Crippen molar-refractivity contribution in [2.24, 2.45) is 0 Å². The zero-order valence-electron chi connectivity index (χ0n) is 20.1. The van der Waals surface area contributed by atoms with E-state index in [1.54, 1.807) is 12.7 Å². The molecule has 1 aliphatic heterocycles. The zero-order valence-corrected chi connectivity index (χ0v) is 21.1. The SMILES string of the molecule is CC(=O)OC1CC(n2cnc3c(-c4ccccc4)ncnc32)OC1CO[Si](C)(C)C(C)(C)C. The molecule has 0 N–H and O–H groups in total. The first-order valence-corrected chi connectivity index (χ1v) is 14.2. The number of imidazole rings is 1. The van der Waals surface area contributed by atoms with E-state index in [4.69, 9.17) is 13.9 Å². The molecule has 1 aromatic carbocycles. The maximum atomic E-state index is 11.8. The van der Waals surface area contributed by atoms with Gasteiger partial charge in [-0.15, -0.1) is 0 Å². The summed E-state index contributed by atoms with van der Waals surface area (Å²) in [5, 5.41) is 0.0766. The normalized spacial score (nSPS) is 21.5. The lowest BCUT2D eigenvalue weighted by Gasteiger charge is -2.37. The second-order valence-electron chi connectivity index (χ2n) is 10.00. The molecular formula is C24H32N4O4Si. The van der Waals surface area contributed by atoms with E-state index in [9.17, 15) is 4.79 Å². The third kappa shape index (κ3) is 4.85. The molecule has 8 nitrogen and oxygen atoms in total. The van der Waals surface area contributed by atoms with Crippen molar-refractivity contribution in [2.45, 2.75) is 70.7 Å². The molecule has 4 rings (SSSR count). The summed E-state index contributed by atoms with van der Waals surface area (Å²) in [6.45, 7) is 12.8. The Kier molecular flexibility index (Phi) is 6.39. The summed E-state index contributed by atoms with van der Waals surface area (Å²) in [7, 11) is -1.98. The average Bonchev–Trinajstić information content (AvgIpc) is 3.35. The number of carbonyl (C=O) groups excluding carboxylic acids is 1. The molecule has 0 spiro atoms. The van der Waals surface area contributed by atoms with Crippen molar-refractivity contribution in [3.63, 3.8) is 0 Å². The molecule has 9 heteroatoms. The van der Waals surface area contributed by atoms with E-state index >= 15 is 0 Å². The second-order valence-corrected chi connectivity index (χ2v) is 14.8. The van der Waals surface area contributed by atoms with Crippen LogP contribution in [0.4, 0.5) is 0 Å². The molecule has 0 radical (unpaired) electrons. The van der Waals surface area contributed by atoms with E-state index in [1.807, 2.05) is 34.9 Å². The van der Waals surface area contributed by atoms with Gasteiger partial charge in [0.2, 0.25) is 0 Å². The molecule has 0 amide bonds. The Balaban J connectivity index is 1.60. The number of carbonyl (C=O) groups is 1. The summed E-state index contributed by atoms with van der Waals surface area (Å²) in [6, 6.07) is 9.90. The predicted octanol–water partition coefficient (Wildman–Crippen LogP) is 4.73. The number of ether oxygens (including phenoxy) is 2. The van der Waals surface area contributed by atoms with Crippen LogP contribution in [0.15, 0.2) is 43.0 Å². The van der Waals surface area contributed by atoms with Gasteiger partial charge in [-0.1, -0.05) is 51.1 Å². The van der Waals surface area contributed by atoms with E-state index in [2.05, 4.69) is 48.8 Å². The molecule has 3 unspecified atom stereocenters. The number of esters is 1. The molecule has 176 valence electrons. The van der Waals surface area contributed by atoms with Crippen LogP contribution in [0.25, 0.3) is 22.4 Å². The molecule has 3 atom stereocenters. The Morgan fingerprint density at radius 3 is 2.58 bits per heavy atom. The molecule has 2 aromatic heterocycles. The van der Waals surface area contributed by atoms with Crippen LogP contribution in [0.3, 0.4) is 0 Å². The topological polar surface area (TPSA) is 88.4 Å². The third-order valence-electron chi connectivity index (χ3n) is 6.63. The first-order valence-electron chi connectivity index (χ1n) is 11.3. The van der Waals surface area contributed by atoms with Crippen molar-refractivity contribution >= 4 is 25.5 Å². The Hall–Kier alpha value is -2.62. The number of fused-ring (bicyclic) bond motifs is 1. The van der Waals surface area contributed by atoms with Gasteiger partial charge in [0.25, 0.3) is 0 Å². The minimum absolute atomic E-state index is 0.0766. The highest BCUT2D eigenvalue weighted by Gasteiger charge is 2.43. The van der Waals surface area contributed by atoms with Crippen LogP contribution in [0.5, 0.6) is 0 Å². The molecule has 3 aromatic rings. The molecule has 3 heterocycles.